The maximum atomic E-state index is 10.9. The van der Waals surface area contributed by atoms with Crippen LogP contribution in [0.5, 0.6) is 0 Å². The van der Waals surface area contributed by atoms with Crippen LogP contribution in [0.2, 0.25) is 0 Å². The Kier molecular flexibility index (Phi) is 4.60. The number of carbonyl (C=O) groups is 1. The van der Waals surface area contributed by atoms with Crippen molar-refractivity contribution in [1.82, 2.24) is 0 Å². The number of amides is 1. The van der Waals surface area contributed by atoms with Crippen LogP contribution in [0.25, 0.3) is 0 Å². The van der Waals surface area contributed by atoms with Gasteiger partial charge in [0.25, 0.3) is 0 Å². The maximum absolute atomic E-state index is 10.9. The Morgan fingerprint density at radius 2 is 1.84 bits per heavy atom. The molecule has 3 N–H and O–H groups in total. The van der Waals surface area contributed by atoms with Crippen LogP contribution in [-0.4, -0.2) is 5.91 Å². The molecule has 0 unspecified atom stereocenters. The predicted octanol–water partition coefficient (Wildman–Crippen LogP) is 3.25. The maximum Gasteiger partial charge on any atom is 0.221 e. The Hall–Kier alpha value is -1.78. The van der Waals surface area contributed by atoms with Gasteiger partial charge in [-0.2, -0.15) is 0 Å². The fourth-order valence-electron chi connectivity index (χ4n) is 1.71. The molecule has 0 radical (unpaired) electrons. The highest BCUT2D eigenvalue weighted by Gasteiger charge is 2.03. The van der Waals surface area contributed by atoms with E-state index in [0.29, 0.717) is 6.54 Å². The minimum absolute atomic E-state index is 0.0612. The van der Waals surface area contributed by atoms with Gasteiger partial charge in [-0.1, -0.05) is 30.0 Å². The van der Waals surface area contributed by atoms with Crippen molar-refractivity contribution in [3.8, 4) is 0 Å². The molecule has 0 aromatic heterocycles. The normalized spacial score (nSPS) is 10.2. The van der Waals surface area contributed by atoms with E-state index in [2.05, 4.69) is 11.4 Å². The SMILES string of the molecule is CC(=O)Nc1ccc(Sc2ccccc2CN)cc1. The van der Waals surface area contributed by atoms with E-state index in [1.165, 1.54) is 6.92 Å². The van der Waals surface area contributed by atoms with Crippen LogP contribution >= 0.6 is 11.8 Å². The summed E-state index contributed by atoms with van der Waals surface area (Å²) in [6, 6.07) is 15.9. The van der Waals surface area contributed by atoms with Crippen LogP contribution in [0.3, 0.4) is 0 Å². The molecule has 0 atom stereocenters. The lowest BCUT2D eigenvalue weighted by atomic mass is 10.2. The molecule has 0 aliphatic carbocycles. The van der Waals surface area contributed by atoms with Crippen LogP contribution in [0, 0.1) is 0 Å². The summed E-state index contributed by atoms with van der Waals surface area (Å²) in [5.74, 6) is -0.0612. The zero-order valence-corrected chi connectivity index (χ0v) is 11.5. The van der Waals surface area contributed by atoms with E-state index >= 15 is 0 Å². The second-order valence-electron chi connectivity index (χ2n) is 4.12. The summed E-state index contributed by atoms with van der Waals surface area (Å²) in [6.07, 6.45) is 0. The lowest BCUT2D eigenvalue weighted by molar-refractivity contribution is -0.114. The van der Waals surface area contributed by atoms with Crippen molar-refractivity contribution in [2.24, 2.45) is 5.73 Å². The average molecular weight is 272 g/mol. The van der Waals surface area contributed by atoms with Gasteiger partial charge >= 0.3 is 0 Å². The molecule has 0 saturated carbocycles. The molecule has 19 heavy (non-hydrogen) atoms. The topological polar surface area (TPSA) is 55.1 Å². The number of benzene rings is 2. The number of nitrogens with one attached hydrogen (secondary N) is 1. The van der Waals surface area contributed by atoms with Gasteiger partial charge in [-0.15, -0.1) is 0 Å². The van der Waals surface area contributed by atoms with E-state index in [0.717, 1.165) is 21.0 Å². The largest absolute Gasteiger partial charge is 0.326 e. The zero-order valence-electron chi connectivity index (χ0n) is 10.7. The van der Waals surface area contributed by atoms with Crippen molar-refractivity contribution in [2.45, 2.75) is 23.3 Å². The number of carbonyl (C=O) groups excluding carboxylic acids is 1. The smallest absolute Gasteiger partial charge is 0.221 e. The Morgan fingerprint density at radius 1 is 1.16 bits per heavy atom. The summed E-state index contributed by atoms with van der Waals surface area (Å²) in [7, 11) is 0. The lowest BCUT2D eigenvalue weighted by Crippen LogP contribution is -2.05. The first-order valence-corrected chi connectivity index (χ1v) is 6.84. The number of hydrogen-bond donors (Lipinski definition) is 2. The van der Waals surface area contributed by atoms with Crippen molar-refractivity contribution in [1.29, 1.82) is 0 Å². The van der Waals surface area contributed by atoms with Gasteiger partial charge in [0.1, 0.15) is 0 Å². The van der Waals surface area contributed by atoms with E-state index in [1.54, 1.807) is 11.8 Å². The van der Waals surface area contributed by atoms with Gasteiger partial charge in [-0.05, 0) is 35.9 Å². The molecule has 2 aromatic rings. The van der Waals surface area contributed by atoms with Crippen molar-refractivity contribution in [3.63, 3.8) is 0 Å². The number of hydrogen-bond acceptors (Lipinski definition) is 3. The third kappa shape index (κ3) is 3.84. The van der Waals surface area contributed by atoms with E-state index in [9.17, 15) is 4.79 Å². The monoisotopic (exact) mass is 272 g/mol. The molecule has 3 nitrogen and oxygen atoms in total. The molecule has 98 valence electrons. The molecule has 2 aromatic carbocycles. The first-order chi connectivity index (χ1) is 9.19. The molecular formula is C15H16N2OS. The summed E-state index contributed by atoms with van der Waals surface area (Å²) in [4.78, 5) is 13.2. The van der Waals surface area contributed by atoms with Gasteiger partial charge in [0.15, 0.2) is 0 Å². The number of anilines is 1. The van der Waals surface area contributed by atoms with Gasteiger partial charge in [-0.25, -0.2) is 0 Å². The standard InChI is InChI=1S/C15H16N2OS/c1-11(18)17-13-6-8-14(9-7-13)19-15-5-3-2-4-12(15)10-16/h2-9H,10,16H2,1H3,(H,17,18). The van der Waals surface area contributed by atoms with Gasteiger partial charge in [0.05, 0.1) is 0 Å². The molecule has 0 heterocycles. The average Bonchev–Trinajstić information content (AvgIpc) is 2.41. The highest BCUT2D eigenvalue weighted by molar-refractivity contribution is 7.99. The molecule has 1 amide bonds. The van der Waals surface area contributed by atoms with E-state index < -0.39 is 0 Å². The van der Waals surface area contributed by atoms with Crippen molar-refractivity contribution >= 4 is 23.4 Å². The molecule has 0 saturated heterocycles. The van der Waals surface area contributed by atoms with Crippen molar-refractivity contribution in [3.05, 3.63) is 54.1 Å². The van der Waals surface area contributed by atoms with Gasteiger partial charge < -0.3 is 11.1 Å². The molecule has 0 spiro atoms. The predicted molar refractivity (Wildman–Crippen MR) is 79.2 cm³/mol. The number of nitrogens with two attached hydrogens (primary N) is 1. The molecule has 0 aliphatic rings. The Balaban J connectivity index is 2.13. The third-order valence-electron chi connectivity index (χ3n) is 2.60. The Labute approximate surface area is 117 Å². The third-order valence-corrected chi connectivity index (χ3v) is 3.72. The molecule has 0 fully saturated rings. The quantitative estimate of drug-likeness (QED) is 0.898. The summed E-state index contributed by atoms with van der Waals surface area (Å²) < 4.78 is 0. The minimum Gasteiger partial charge on any atom is -0.326 e. The van der Waals surface area contributed by atoms with E-state index in [4.69, 9.17) is 5.73 Å². The number of rotatable bonds is 4. The van der Waals surface area contributed by atoms with Gasteiger partial charge in [0.2, 0.25) is 5.91 Å². The van der Waals surface area contributed by atoms with Crippen LogP contribution in [0.1, 0.15) is 12.5 Å². The van der Waals surface area contributed by atoms with Crippen LogP contribution in [-0.2, 0) is 11.3 Å². The Bertz CT molecular complexity index is 567. The zero-order chi connectivity index (χ0) is 13.7. The minimum atomic E-state index is -0.0612. The summed E-state index contributed by atoms with van der Waals surface area (Å²) in [5.41, 5.74) is 7.67. The molecule has 4 heteroatoms. The van der Waals surface area contributed by atoms with Crippen LogP contribution < -0.4 is 11.1 Å². The Morgan fingerprint density at radius 3 is 2.47 bits per heavy atom. The first-order valence-electron chi connectivity index (χ1n) is 6.02. The van der Waals surface area contributed by atoms with E-state index in [-0.39, 0.29) is 5.91 Å². The molecular weight excluding hydrogens is 256 g/mol. The molecule has 2 rings (SSSR count). The summed E-state index contributed by atoms with van der Waals surface area (Å²) in [5, 5.41) is 2.75. The van der Waals surface area contributed by atoms with Crippen LogP contribution in [0.4, 0.5) is 5.69 Å². The second-order valence-corrected chi connectivity index (χ2v) is 5.23. The van der Waals surface area contributed by atoms with Crippen molar-refractivity contribution in [2.75, 3.05) is 5.32 Å². The highest BCUT2D eigenvalue weighted by Crippen LogP contribution is 2.30. The van der Waals surface area contributed by atoms with Crippen molar-refractivity contribution < 1.29 is 4.79 Å². The van der Waals surface area contributed by atoms with Gasteiger partial charge in [-0.3, -0.25) is 4.79 Å². The molecule has 0 bridgehead atoms. The summed E-state index contributed by atoms with van der Waals surface area (Å²) in [6.45, 7) is 2.04. The fraction of sp³-hybridized carbons (Fsp3) is 0.133. The first kappa shape index (κ1) is 13.6. The van der Waals surface area contributed by atoms with E-state index in [1.807, 2.05) is 42.5 Å². The highest BCUT2D eigenvalue weighted by atomic mass is 32.2. The lowest BCUT2D eigenvalue weighted by Gasteiger charge is -2.08. The summed E-state index contributed by atoms with van der Waals surface area (Å²) >= 11 is 1.67. The fourth-order valence-corrected chi connectivity index (χ4v) is 2.66. The van der Waals surface area contributed by atoms with Crippen LogP contribution in [0.15, 0.2) is 58.3 Å². The van der Waals surface area contributed by atoms with Gasteiger partial charge in [0, 0.05) is 28.9 Å². The second kappa shape index (κ2) is 6.41. The molecule has 0 aliphatic heterocycles.